The maximum Gasteiger partial charge on any atom is 0.304 e. The van der Waals surface area contributed by atoms with Crippen molar-refractivity contribution in [1.82, 2.24) is 9.03 Å². The molecule has 1 saturated heterocycles. The highest BCUT2D eigenvalue weighted by molar-refractivity contribution is 7.87. The Bertz CT molecular complexity index is 474. The van der Waals surface area contributed by atoms with Gasteiger partial charge in [-0.15, -0.1) is 0 Å². The number of carbonyl (C=O) groups excluding carboxylic acids is 1. The number of hydrogen-bond donors (Lipinski definition) is 1. The van der Waals surface area contributed by atoms with E-state index in [0.29, 0.717) is 13.1 Å². The quantitative estimate of drug-likeness (QED) is 0.867. The van der Waals surface area contributed by atoms with Gasteiger partial charge in [0.1, 0.15) is 6.26 Å². The van der Waals surface area contributed by atoms with Gasteiger partial charge in [-0.2, -0.15) is 12.7 Å². The first-order chi connectivity index (χ1) is 8.09. The molecule has 0 spiro atoms. The summed E-state index contributed by atoms with van der Waals surface area (Å²) in [6.45, 7) is 0.933. The van der Waals surface area contributed by atoms with Crippen LogP contribution in [0.3, 0.4) is 0 Å². The van der Waals surface area contributed by atoms with Crippen molar-refractivity contribution < 1.29 is 17.6 Å². The minimum Gasteiger partial charge on any atom is -0.472 e. The molecule has 0 unspecified atom stereocenters. The van der Waals surface area contributed by atoms with E-state index in [1.807, 2.05) is 4.72 Å². The topological polar surface area (TPSA) is 79.6 Å². The maximum atomic E-state index is 11.9. The van der Waals surface area contributed by atoms with Gasteiger partial charge in [-0.25, -0.2) is 4.72 Å². The van der Waals surface area contributed by atoms with Crippen LogP contribution in [0.5, 0.6) is 0 Å². The summed E-state index contributed by atoms with van der Waals surface area (Å²) >= 11 is 0. The first kappa shape index (κ1) is 12.1. The van der Waals surface area contributed by atoms with E-state index < -0.39 is 16.1 Å². The highest BCUT2D eigenvalue weighted by atomic mass is 32.2. The lowest BCUT2D eigenvalue weighted by Gasteiger charge is -2.25. The SMILES string of the molecule is O=C(NS(=O)(=O)N1CCCCC1)c1ccoc1. The molecular weight excluding hydrogens is 244 g/mol. The van der Waals surface area contributed by atoms with Crippen molar-refractivity contribution in [3.63, 3.8) is 0 Å². The lowest BCUT2D eigenvalue weighted by atomic mass is 10.2. The molecule has 0 atom stereocenters. The highest BCUT2D eigenvalue weighted by Crippen LogP contribution is 2.12. The molecule has 1 aliphatic rings. The van der Waals surface area contributed by atoms with Gasteiger partial charge >= 0.3 is 10.2 Å². The number of hydrogen-bond acceptors (Lipinski definition) is 4. The van der Waals surface area contributed by atoms with Gasteiger partial charge in [0.05, 0.1) is 11.8 Å². The number of nitrogens with one attached hydrogen (secondary N) is 1. The average Bonchev–Trinajstić information content (AvgIpc) is 2.83. The molecule has 1 fully saturated rings. The van der Waals surface area contributed by atoms with Crippen LogP contribution < -0.4 is 4.72 Å². The normalized spacial score (nSPS) is 17.9. The van der Waals surface area contributed by atoms with E-state index in [2.05, 4.69) is 0 Å². The highest BCUT2D eigenvalue weighted by Gasteiger charge is 2.26. The number of amides is 1. The van der Waals surface area contributed by atoms with E-state index in [1.54, 1.807) is 0 Å². The molecule has 1 aliphatic heterocycles. The van der Waals surface area contributed by atoms with Gasteiger partial charge < -0.3 is 4.42 Å². The maximum absolute atomic E-state index is 11.9. The molecule has 2 heterocycles. The summed E-state index contributed by atoms with van der Waals surface area (Å²) in [6, 6.07) is 1.42. The van der Waals surface area contributed by atoms with Gasteiger partial charge in [-0.1, -0.05) is 6.42 Å². The second-order valence-corrected chi connectivity index (χ2v) is 5.58. The molecule has 2 rings (SSSR count). The minimum atomic E-state index is -3.72. The molecule has 0 radical (unpaired) electrons. The summed E-state index contributed by atoms with van der Waals surface area (Å²) in [5, 5.41) is 0. The van der Waals surface area contributed by atoms with Gasteiger partial charge in [0.15, 0.2) is 0 Å². The largest absolute Gasteiger partial charge is 0.472 e. The Kier molecular flexibility index (Phi) is 3.49. The van der Waals surface area contributed by atoms with Crippen molar-refractivity contribution >= 4 is 16.1 Å². The second-order valence-electron chi connectivity index (χ2n) is 3.91. The third-order valence-corrected chi connectivity index (χ3v) is 4.15. The van der Waals surface area contributed by atoms with Crippen LogP contribution in [-0.4, -0.2) is 31.7 Å². The molecule has 94 valence electrons. The molecule has 1 aromatic heterocycles. The molecule has 17 heavy (non-hydrogen) atoms. The van der Waals surface area contributed by atoms with Gasteiger partial charge in [0.25, 0.3) is 5.91 Å². The van der Waals surface area contributed by atoms with E-state index in [9.17, 15) is 13.2 Å². The standard InChI is InChI=1S/C10H14N2O4S/c13-10(9-4-7-16-8-9)11-17(14,15)12-5-2-1-3-6-12/h4,7-8H,1-3,5-6H2,(H,11,13). The Morgan fingerprint density at radius 1 is 1.29 bits per heavy atom. The van der Waals surface area contributed by atoms with Gasteiger partial charge in [-0.3, -0.25) is 4.79 Å². The fourth-order valence-corrected chi connectivity index (χ4v) is 2.96. The zero-order chi connectivity index (χ0) is 12.3. The summed E-state index contributed by atoms with van der Waals surface area (Å²) in [4.78, 5) is 11.6. The third kappa shape index (κ3) is 2.86. The van der Waals surface area contributed by atoms with Crippen LogP contribution in [0, 0.1) is 0 Å². The Labute approximate surface area is 99.8 Å². The van der Waals surface area contributed by atoms with E-state index in [0.717, 1.165) is 19.3 Å². The van der Waals surface area contributed by atoms with Crippen LogP contribution in [0.4, 0.5) is 0 Å². The monoisotopic (exact) mass is 258 g/mol. The molecule has 0 bridgehead atoms. The molecule has 1 aromatic rings. The molecule has 0 aromatic carbocycles. The van der Waals surface area contributed by atoms with E-state index in [1.165, 1.54) is 22.9 Å². The fourth-order valence-electron chi connectivity index (χ4n) is 1.74. The summed E-state index contributed by atoms with van der Waals surface area (Å²) < 4.78 is 31.8. The fraction of sp³-hybridized carbons (Fsp3) is 0.500. The Hall–Kier alpha value is -1.34. The number of carbonyl (C=O) groups is 1. The summed E-state index contributed by atoms with van der Waals surface area (Å²) in [5.41, 5.74) is 0.200. The first-order valence-corrected chi connectivity index (χ1v) is 6.88. The van der Waals surface area contributed by atoms with Gasteiger partial charge in [0.2, 0.25) is 0 Å². The second kappa shape index (κ2) is 4.89. The smallest absolute Gasteiger partial charge is 0.304 e. The van der Waals surface area contributed by atoms with Crippen molar-refractivity contribution in [1.29, 1.82) is 0 Å². The van der Waals surface area contributed by atoms with Gasteiger partial charge in [-0.05, 0) is 18.9 Å². The molecular formula is C10H14N2O4S. The first-order valence-electron chi connectivity index (χ1n) is 5.44. The summed E-state index contributed by atoms with van der Waals surface area (Å²) in [6.07, 6.45) is 5.23. The number of nitrogens with zero attached hydrogens (tertiary/aromatic N) is 1. The van der Waals surface area contributed by atoms with Crippen LogP contribution >= 0.6 is 0 Å². The lowest BCUT2D eigenvalue weighted by Crippen LogP contribution is -2.45. The number of rotatable bonds is 3. The van der Waals surface area contributed by atoms with Crippen molar-refractivity contribution in [2.45, 2.75) is 19.3 Å². The average molecular weight is 258 g/mol. The summed E-state index contributed by atoms with van der Waals surface area (Å²) in [7, 11) is -3.72. The van der Waals surface area contributed by atoms with Crippen LogP contribution in [0.15, 0.2) is 23.0 Å². The molecule has 1 N–H and O–H groups in total. The molecule has 6 nitrogen and oxygen atoms in total. The zero-order valence-electron chi connectivity index (χ0n) is 9.26. The lowest BCUT2D eigenvalue weighted by molar-refractivity contribution is 0.0978. The molecule has 0 aliphatic carbocycles. The van der Waals surface area contributed by atoms with Gasteiger partial charge in [0, 0.05) is 13.1 Å². The van der Waals surface area contributed by atoms with E-state index >= 15 is 0 Å². The van der Waals surface area contributed by atoms with Crippen LogP contribution in [0.25, 0.3) is 0 Å². The third-order valence-electron chi connectivity index (χ3n) is 2.66. The predicted molar refractivity (Wildman–Crippen MR) is 60.5 cm³/mol. The number of furan rings is 1. The Balaban J connectivity index is 2.04. The molecule has 7 heteroatoms. The molecule has 0 saturated carbocycles. The van der Waals surface area contributed by atoms with Crippen LogP contribution in [0.1, 0.15) is 29.6 Å². The predicted octanol–water partition coefficient (Wildman–Crippen LogP) is 0.740. The minimum absolute atomic E-state index is 0.200. The van der Waals surface area contributed by atoms with E-state index in [4.69, 9.17) is 4.42 Å². The van der Waals surface area contributed by atoms with E-state index in [-0.39, 0.29) is 5.56 Å². The van der Waals surface area contributed by atoms with Crippen molar-refractivity contribution in [3.05, 3.63) is 24.2 Å². The van der Waals surface area contributed by atoms with Crippen molar-refractivity contribution in [2.24, 2.45) is 0 Å². The molecule has 1 amide bonds. The number of piperidine rings is 1. The van der Waals surface area contributed by atoms with Crippen LogP contribution in [0.2, 0.25) is 0 Å². The Morgan fingerprint density at radius 3 is 2.59 bits per heavy atom. The zero-order valence-corrected chi connectivity index (χ0v) is 10.1. The summed E-state index contributed by atoms with van der Waals surface area (Å²) in [5.74, 6) is -0.663. The van der Waals surface area contributed by atoms with Crippen molar-refractivity contribution in [3.8, 4) is 0 Å². The Morgan fingerprint density at radius 2 is 2.00 bits per heavy atom. The van der Waals surface area contributed by atoms with Crippen molar-refractivity contribution in [2.75, 3.05) is 13.1 Å². The van der Waals surface area contributed by atoms with Crippen LogP contribution in [-0.2, 0) is 10.2 Å².